The van der Waals surface area contributed by atoms with E-state index in [1.807, 2.05) is 6.92 Å². The van der Waals surface area contributed by atoms with Gasteiger partial charge in [0, 0.05) is 7.05 Å². The molecule has 0 aliphatic carbocycles. The summed E-state index contributed by atoms with van der Waals surface area (Å²) >= 11 is 0. The van der Waals surface area contributed by atoms with Gasteiger partial charge in [-0.05, 0) is 26.2 Å². The van der Waals surface area contributed by atoms with Gasteiger partial charge in [-0.2, -0.15) is 4.98 Å². The Balaban J connectivity index is 3.09. The average molecular weight is 268 g/mol. The Morgan fingerprint density at radius 3 is 2.47 bits per heavy atom. The van der Waals surface area contributed by atoms with E-state index < -0.39 is 4.92 Å². The molecule has 0 bridgehead atoms. The van der Waals surface area contributed by atoms with E-state index in [9.17, 15) is 10.1 Å². The van der Waals surface area contributed by atoms with Crippen LogP contribution in [-0.4, -0.2) is 28.0 Å². The molecule has 1 unspecified atom stereocenters. The molecule has 0 aromatic carbocycles. The summed E-state index contributed by atoms with van der Waals surface area (Å²) in [5.41, 5.74) is 0.116. The Kier molecular flexibility index (Phi) is 5.02. The standard InChI is InChI=1S/C12H20N4O3/c1-7(2)6-8(3)19-11-10(16(17)18)9(4)14-12(13-5)15-11/h7-8H,6H2,1-5H3,(H,13,14,15). The zero-order chi connectivity index (χ0) is 14.6. The monoisotopic (exact) mass is 268 g/mol. The lowest BCUT2D eigenvalue weighted by Gasteiger charge is -2.16. The van der Waals surface area contributed by atoms with Gasteiger partial charge in [-0.3, -0.25) is 10.1 Å². The lowest BCUT2D eigenvalue weighted by Crippen LogP contribution is -2.17. The van der Waals surface area contributed by atoms with Crippen LogP contribution in [0.4, 0.5) is 11.6 Å². The Bertz CT molecular complexity index is 463. The minimum atomic E-state index is -0.508. The number of aryl methyl sites for hydroxylation is 1. The van der Waals surface area contributed by atoms with E-state index in [0.717, 1.165) is 6.42 Å². The lowest BCUT2D eigenvalue weighted by molar-refractivity contribution is -0.387. The highest BCUT2D eigenvalue weighted by Crippen LogP contribution is 2.30. The maximum absolute atomic E-state index is 11.1. The minimum absolute atomic E-state index is 0.0231. The second kappa shape index (κ2) is 6.31. The third-order valence-electron chi connectivity index (χ3n) is 2.55. The number of hydrogen-bond acceptors (Lipinski definition) is 6. The fourth-order valence-electron chi connectivity index (χ4n) is 1.85. The van der Waals surface area contributed by atoms with Crippen LogP contribution in [0.2, 0.25) is 0 Å². The highest BCUT2D eigenvalue weighted by molar-refractivity contribution is 5.48. The SMILES string of the molecule is CNc1nc(C)c([N+](=O)[O-])c(OC(C)CC(C)C)n1. The van der Waals surface area contributed by atoms with Crippen LogP contribution in [0.3, 0.4) is 0 Å². The number of anilines is 1. The first kappa shape index (κ1) is 15.1. The Morgan fingerprint density at radius 1 is 1.37 bits per heavy atom. The molecule has 19 heavy (non-hydrogen) atoms. The molecule has 7 heteroatoms. The van der Waals surface area contributed by atoms with E-state index in [2.05, 4.69) is 29.1 Å². The predicted molar refractivity (Wildman–Crippen MR) is 72.5 cm³/mol. The molecular weight excluding hydrogens is 248 g/mol. The Morgan fingerprint density at radius 2 is 2.00 bits per heavy atom. The van der Waals surface area contributed by atoms with Crippen LogP contribution in [-0.2, 0) is 0 Å². The number of nitro groups is 1. The van der Waals surface area contributed by atoms with Crippen molar-refractivity contribution in [2.24, 2.45) is 5.92 Å². The van der Waals surface area contributed by atoms with E-state index in [0.29, 0.717) is 11.9 Å². The lowest BCUT2D eigenvalue weighted by atomic mass is 10.1. The van der Waals surface area contributed by atoms with Gasteiger partial charge in [-0.25, -0.2) is 4.98 Å². The number of ether oxygens (including phenoxy) is 1. The van der Waals surface area contributed by atoms with E-state index >= 15 is 0 Å². The largest absolute Gasteiger partial charge is 0.470 e. The van der Waals surface area contributed by atoms with Crippen LogP contribution in [0.1, 0.15) is 32.9 Å². The van der Waals surface area contributed by atoms with Gasteiger partial charge >= 0.3 is 5.69 Å². The zero-order valence-electron chi connectivity index (χ0n) is 11.9. The highest BCUT2D eigenvalue weighted by Gasteiger charge is 2.25. The molecule has 0 radical (unpaired) electrons. The molecule has 0 spiro atoms. The first-order valence-electron chi connectivity index (χ1n) is 6.22. The Labute approximate surface area is 112 Å². The molecule has 0 fully saturated rings. The van der Waals surface area contributed by atoms with E-state index in [4.69, 9.17) is 4.74 Å². The second-order valence-electron chi connectivity index (χ2n) is 4.85. The molecule has 1 aromatic rings. The van der Waals surface area contributed by atoms with Crippen LogP contribution < -0.4 is 10.1 Å². The molecule has 1 atom stereocenters. The quantitative estimate of drug-likeness (QED) is 0.629. The molecule has 1 rings (SSSR count). The van der Waals surface area contributed by atoms with Crippen molar-refractivity contribution >= 4 is 11.6 Å². The summed E-state index contributed by atoms with van der Waals surface area (Å²) in [6, 6.07) is 0. The van der Waals surface area contributed by atoms with Gasteiger partial charge in [-0.1, -0.05) is 13.8 Å². The average Bonchev–Trinajstić information content (AvgIpc) is 2.26. The van der Waals surface area contributed by atoms with Crippen molar-refractivity contribution in [3.63, 3.8) is 0 Å². The molecule has 0 saturated carbocycles. The van der Waals surface area contributed by atoms with Crippen molar-refractivity contribution in [2.45, 2.75) is 40.2 Å². The van der Waals surface area contributed by atoms with Crippen LogP contribution in [0.25, 0.3) is 0 Å². The van der Waals surface area contributed by atoms with Crippen molar-refractivity contribution in [3.05, 3.63) is 15.8 Å². The number of aromatic nitrogens is 2. The summed E-state index contributed by atoms with van der Waals surface area (Å²) in [5, 5.41) is 13.8. The summed E-state index contributed by atoms with van der Waals surface area (Å²) in [6.07, 6.45) is 0.660. The van der Waals surface area contributed by atoms with Crippen molar-refractivity contribution in [1.29, 1.82) is 0 Å². The topological polar surface area (TPSA) is 90.2 Å². The van der Waals surface area contributed by atoms with E-state index in [-0.39, 0.29) is 23.4 Å². The minimum Gasteiger partial charge on any atom is -0.470 e. The van der Waals surface area contributed by atoms with Crippen molar-refractivity contribution in [3.8, 4) is 5.88 Å². The number of rotatable bonds is 6. The first-order chi connectivity index (χ1) is 8.85. The first-order valence-corrected chi connectivity index (χ1v) is 6.22. The highest BCUT2D eigenvalue weighted by atomic mass is 16.6. The third kappa shape index (κ3) is 4.04. The van der Waals surface area contributed by atoms with Gasteiger partial charge in [-0.15, -0.1) is 0 Å². The molecule has 7 nitrogen and oxygen atoms in total. The molecule has 0 saturated heterocycles. The fourth-order valence-corrected chi connectivity index (χ4v) is 1.85. The zero-order valence-corrected chi connectivity index (χ0v) is 11.9. The van der Waals surface area contributed by atoms with Gasteiger partial charge in [0.05, 0.1) is 11.0 Å². The van der Waals surface area contributed by atoms with Gasteiger partial charge in [0.2, 0.25) is 5.95 Å². The summed E-state index contributed by atoms with van der Waals surface area (Å²) in [4.78, 5) is 18.6. The van der Waals surface area contributed by atoms with Crippen LogP contribution in [0.5, 0.6) is 5.88 Å². The normalized spacial score (nSPS) is 12.3. The maximum atomic E-state index is 11.1. The van der Waals surface area contributed by atoms with Gasteiger partial charge < -0.3 is 10.1 Å². The van der Waals surface area contributed by atoms with E-state index in [1.54, 1.807) is 14.0 Å². The molecule has 1 aromatic heterocycles. The number of nitrogens with zero attached hydrogens (tertiary/aromatic N) is 3. The molecule has 0 aliphatic heterocycles. The maximum Gasteiger partial charge on any atom is 0.352 e. The van der Waals surface area contributed by atoms with Gasteiger partial charge in [0.1, 0.15) is 5.69 Å². The third-order valence-corrected chi connectivity index (χ3v) is 2.55. The van der Waals surface area contributed by atoms with Crippen molar-refractivity contribution in [1.82, 2.24) is 9.97 Å². The van der Waals surface area contributed by atoms with Crippen molar-refractivity contribution in [2.75, 3.05) is 12.4 Å². The summed E-state index contributed by atoms with van der Waals surface area (Å²) in [7, 11) is 1.65. The van der Waals surface area contributed by atoms with Gasteiger partial charge in [0.15, 0.2) is 0 Å². The summed E-state index contributed by atoms with van der Waals surface area (Å²) < 4.78 is 5.61. The second-order valence-corrected chi connectivity index (χ2v) is 4.85. The van der Waals surface area contributed by atoms with Crippen LogP contribution in [0.15, 0.2) is 0 Å². The molecule has 1 N–H and O–H groups in total. The van der Waals surface area contributed by atoms with Crippen LogP contribution in [0, 0.1) is 23.0 Å². The van der Waals surface area contributed by atoms with Crippen LogP contribution >= 0.6 is 0 Å². The molecule has 1 heterocycles. The van der Waals surface area contributed by atoms with Crippen molar-refractivity contribution < 1.29 is 9.66 Å². The van der Waals surface area contributed by atoms with E-state index in [1.165, 1.54) is 0 Å². The molecule has 106 valence electrons. The van der Waals surface area contributed by atoms with Gasteiger partial charge in [0.25, 0.3) is 5.88 Å². The fraction of sp³-hybridized carbons (Fsp3) is 0.667. The molecular formula is C12H20N4O3. The predicted octanol–water partition coefficient (Wildman–Crippen LogP) is 2.55. The summed E-state index contributed by atoms with van der Waals surface area (Å²) in [6.45, 7) is 7.58. The summed E-state index contributed by atoms with van der Waals surface area (Å²) in [5.74, 6) is 0.783. The molecule has 0 amide bonds. The molecule has 0 aliphatic rings. The number of hydrogen-bond donors (Lipinski definition) is 1. The Hall–Kier alpha value is -1.92. The number of nitrogens with one attached hydrogen (secondary N) is 1. The smallest absolute Gasteiger partial charge is 0.352 e.